The molecule has 6 nitrogen and oxygen atoms in total. The molecular formula is C12H15N3O3S. The summed E-state index contributed by atoms with van der Waals surface area (Å²) in [6, 6.07) is 7.26. The maximum Gasteiger partial charge on any atom is 0.244 e. The van der Waals surface area contributed by atoms with Crippen molar-refractivity contribution in [2.45, 2.75) is 24.4 Å². The summed E-state index contributed by atoms with van der Waals surface area (Å²) in [6.45, 7) is 2.15. The molecule has 0 aliphatic heterocycles. The zero-order valence-electron chi connectivity index (χ0n) is 10.4. The second-order valence-corrected chi connectivity index (χ2v) is 5.90. The Balaban J connectivity index is 2.11. The first kappa shape index (κ1) is 13.6. The monoisotopic (exact) mass is 281 g/mol. The van der Waals surface area contributed by atoms with Gasteiger partial charge in [-0.2, -0.15) is 5.10 Å². The van der Waals surface area contributed by atoms with Crippen LogP contribution in [0.2, 0.25) is 0 Å². The van der Waals surface area contributed by atoms with Gasteiger partial charge in [0.25, 0.3) is 0 Å². The van der Waals surface area contributed by atoms with Crippen molar-refractivity contribution in [1.29, 1.82) is 0 Å². The Kier molecular flexibility index (Phi) is 3.87. The number of phenolic OH excluding ortho intramolecular Hbond substituents is 1. The fourth-order valence-electron chi connectivity index (χ4n) is 1.74. The lowest BCUT2D eigenvalue weighted by molar-refractivity contribution is 0.454. The molecule has 102 valence electrons. The Morgan fingerprint density at radius 2 is 2.11 bits per heavy atom. The van der Waals surface area contributed by atoms with Crippen molar-refractivity contribution in [1.82, 2.24) is 14.5 Å². The van der Waals surface area contributed by atoms with E-state index < -0.39 is 10.0 Å². The third kappa shape index (κ3) is 3.33. The molecular weight excluding hydrogens is 266 g/mol. The molecule has 0 saturated carbocycles. The summed E-state index contributed by atoms with van der Waals surface area (Å²) in [6.07, 6.45) is 3.38. The Morgan fingerprint density at radius 3 is 2.74 bits per heavy atom. The number of hydrogen-bond acceptors (Lipinski definition) is 4. The molecule has 2 N–H and O–H groups in total. The van der Waals surface area contributed by atoms with Crippen LogP contribution in [-0.2, 0) is 16.6 Å². The maximum absolute atomic E-state index is 12.1. The number of phenols is 1. The summed E-state index contributed by atoms with van der Waals surface area (Å²) in [5, 5.41) is 13.6. The Morgan fingerprint density at radius 1 is 1.37 bits per heavy atom. The van der Waals surface area contributed by atoms with Crippen molar-refractivity contribution >= 4 is 10.0 Å². The lowest BCUT2D eigenvalue weighted by Gasteiger charge is -2.14. The normalized spacial score (nSPS) is 13.3. The van der Waals surface area contributed by atoms with E-state index in [0.29, 0.717) is 6.54 Å². The van der Waals surface area contributed by atoms with Crippen LogP contribution in [-0.4, -0.2) is 29.3 Å². The summed E-state index contributed by atoms with van der Waals surface area (Å²) in [7, 11) is -3.73. The van der Waals surface area contributed by atoms with E-state index in [2.05, 4.69) is 9.82 Å². The predicted molar refractivity (Wildman–Crippen MR) is 70.1 cm³/mol. The number of aromatic hydroxyl groups is 1. The largest absolute Gasteiger partial charge is 0.507 e. The van der Waals surface area contributed by atoms with Crippen molar-refractivity contribution in [3.8, 4) is 5.75 Å². The molecule has 0 bridgehead atoms. The molecule has 0 saturated heterocycles. The predicted octanol–water partition coefficient (Wildman–Crippen LogP) is 0.956. The SMILES string of the molecule is CC(Cn1cccn1)NS(=O)(=O)c1ccccc1O. The minimum Gasteiger partial charge on any atom is -0.507 e. The Labute approximate surface area is 111 Å². The second-order valence-electron chi connectivity index (χ2n) is 4.22. The number of hydrogen-bond donors (Lipinski definition) is 2. The number of nitrogens with zero attached hydrogens (tertiary/aromatic N) is 2. The molecule has 0 fully saturated rings. The number of benzene rings is 1. The highest BCUT2D eigenvalue weighted by atomic mass is 32.2. The van der Waals surface area contributed by atoms with Crippen LogP contribution in [0.4, 0.5) is 0 Å². The van der Waals surface area contributed by atoms with E-state index in [1.165, 1.54) is 12.1 Å². The molecule has 2 rings (SSSR count). The third-order valence-electron chi connectivity index (χ3n) is 2.53. The summed E-state index contributed by atoms with van der Waals surface area (Å²) >= 11 is 0. The van der Waals surface area contributed by atoms with Gasteiger partial charge in [0.2, 0.25) is 10.0 Å². The Bertz CT molecular complexity index is 638. The van der Waals surface area contributed by atoms with Gasteiger partial charge in [-0.3, -0.25) is 4.68 Å². The van der Waals surface area contributed by atoms with Crippen molar-refractivity contribution in [3.05, 3.63) is 42.7 Å². The van der Waals surface area contributed by atoms with Crippen LogP contribution in [0.15, 0.2) is 47.6 Å². The Hall–Kier alpha value is -1.86. The fraction of sp³-hybridized carbons (Fsp3) is 0.250. The van der Waals surface area contributed by atoms with Crippen molar-refractivity contribution in [3.63, 3.8) is 0 Å². The topological polar surface area (TPSA) is 84.2 Å². The van der Waals surface area contributed by atoms with E-state index in [1.54, 1.807) is 42.2 Å². The zero-order valence-corrected chi connectivity index (χ0v) is 11.2. The first-order valence-electron chi connectivity index (χ1n) is 5.77. The van der Waals surface area contributed by atoms with Gasteiger partial charge in [-0.15, -0.1) is 0 Å². The lowest BCUT2D eigenvalue weighted by Crippen LogP contribution is -2.35. The average molecular weight is 281 g/mol. The second kappa shape index (κ2) is 5.41. The highest BCUT2D eigenvalue weighted by molar-refractivity contribution is 7.89. The standard InChI is InChI=1S/C12H15N3O3S/c1-10(9-15-8-4-7-13-15)14-19(17,18)12-6-3-2-5-11(12)16/h2-8,10,14,16H,9H2,1H3. The van der Waals surface area contributed by atoms with Gasteiger partial charge >= 0.3 is 0 Å². The number of aromatic nitrogens is 2. The minimum absolute atomic E-state index is 0.123. The molecule has 2 aromatic rings. The van der Waals surface area contributed by atoms with E-state index in [9.17, 15) is 13.5 Å². The maximum atomic E-state index is 12.1. The van der Waals surface area contributed by atoms with E-state index in [4.69, 9.17) is 0 Å². The van der Waals surface area contributed by atoms with Gasteiger partial charge in [-0.05, 0) is 25.1 Å². The third-order valence-corrected chi connectivity index (χ3v) is 4.17. The van der Waals surface area contributed by atoms with Crippen molar-refractivity contribution < 1.29 is 13.5 Å². The van der Waals surface area contributed by atoms with Crippen LogP contribution in [0.1, 0.15) is 6.92 Å². The summed E-state index contributed by atoms with van der Waals surface area (Å²) in [5.41, 5.74) is 0. The van der Waals surface area contributed by atoms with Gasteiger partial charge in [-0.25, -0.2) is 13.1 Å². The molecule has 0 aliphatic carbocycles. The number of sulfonamides is 1. The van der Waals surface area contributed by atoms with E-state index in [1.807, 2.05) is 0 Å². The van der Waals surface area contributed by atoms with Gasteiger partial charge in [0.15, 0.2) is 0 Å². The first-order valence-corrected chi connectivity index (χ1v) is 7.25. The van der Waals surface area contributed by atoms with Gasteiger partial charge < -0.3 is 5.11 Å². The van der Waals surface area contributed by atoms with Crippen LogP contribution in [0, 0.1) is 0 Å². The van der Waals surface area contributed by atoms with Crippen LogP contribution in [0.25, 0.3) is 0 Å². The zero-order chi connectivity index (χ0) is 13.9. The first-order chi connectivity index (χ1) is 8.99. The molecule has 0 radical (unpaired) electrons. The number of nitrogens with one attached hydrogen (secondary N) is 1. The highest BCUT2D eigenvalue weighted by Crippen LogP contribution is 2.21. The van der Waals surface area contributed by atoms with Crippen molar-refractivity contribution in [2.24, 2.45) is 0 Å². The number of rotatable bonds is 5. The highest BCUT2D eigenvalue weighted by Gasteiger charge is 2.20. The summed E-state index contributed by atoms with van der Waals surface area (Å²) < 4.78 is 28.3. The van der Waals surface area contributed by atoms with Crippen LogP contribution in [0.5, 0.6) is 5.75 Å². The van der Waals surface area contributed by atoms with Crippen LogP contribution < -0.4 is 4.72 Å². The van der Waals surface area contributed by atoms with E-state index >= 15 is 0 Å². The van der Waals surface area contributed by atoms with E-state index in [-0.39, 0.29) is 16.7 Å². The molecule has 1 aromatic carbocycles. The summed E-state index contributed by atoms with van der Waals surface area (Å²) in [5.74, 6) is -0.263. The average Bonchev–Trinajstić information content (AvgIpc) is 2.81. The smallest absolute Gasteiger partial charge is 0.244 e. The number of para-hydroxylation sites is 1. The van der Waals surface area contributed by atoms with Gasteiger partial charge in [0.1, 0.15) is 10.6 Å². The van der Waals surface area contributed by atoms with Gasteiger partial charge in [0.05, 0.1) is 6.54 Å². The van der Waals surface area contributed by atoms with Gasteiger partial charge in [0, 0.05) is 18.4 Å². The molecule has 0 aliphatic rings. The van der Waals surface area contributed by atoms with Gasteiger partial charge in [-0.1, -0.05) is 12.1 Å². The molecule has 19 heavy (non-hydrogen) atoms. The molecule has 1 unspecified atom stereocenters. The van der Waals surface area contributed by atoms with Crippen molar-refractivity contribution in [2.75, 3.05) is 0 Å². The summed E-state index contributed by atoms with van der Waals surface area (Å²) in [4.78, 5) is -0.123. The minimum atomic E-state index is -3.73. The van der Waals surface area contributed by atoms with Crippen LogP contribution >= 0.6 is 0 Å². The quantitative estimate of drug-likeness (QED) is 0.855. The fourth-order valence-corrected chi connectivity index (χ4v) is 3.07. The molecule has 1 atom stereocenters. The lowest BCUT2D eigenvalue weighted by atomic mass is 10.3. The molecule has 0 amide bonds. The van der Waals surface area contributed by atoms with Crippen LogP contribution in [0.3, 0.4) is 0 Å². The van der Waals surface area contributed by atoms with E-state index in [0.717, 1.165) is 0 Å². The molecule has 7 heteroatoms. The molecule has 1 aromatic heterocycles. The molecule has 1 heterocycles. The molecule has 0 spiro atoms.